The highest BCUT2D eigenvalue weighted by Gasteiger charge is 2.15. The van der Waals surface area contributed by atoms with Crippen LogP contribution in [0.1, 0.15) is 42.6 Å². The molecule has 16 heavy (non-hydrogen) atoms. The molecule has 1 aromatic rings. The molecule has 1 unspecified atom stereocenters. The van der Waals surface area contributed by atoms with Gasteiger partial charge in [0.15, 0.2) is 0 Å². The van der Waals surface area contributed by atoms with Gasteiger partial charge < -0.3 is 0 Å². The van der Waals surface area contributed by atoms with Crippen LogP contribution >= 0.6 is 23.4 Å². The van der Waals surface area contributed by atoms with E-state index in [1.54, 1.807) is 0 Å². The molecule has 0 radical (unpaired) electrons. The average Bonchev–Trinajstić information content (AvgIpc) is 2.49. The Morgan fingerprint density at radius 2 is 2.12 bits per heavy atom. The Labute approximate surface area is 108 Å². The van der Waals surface area contributed by atoms with Crippen LogP contribution in [0.4, 0.5) is 0 Å². The first-order chi connectivity index (χ1) is 7.57. The summed E-state index contributed by atoms with van der Waals surface area (Å²) >= 11 is 8.14. The number of thioether (sulfide) groups is 1. The third-order valence-electron chi connectivity index (χ3n) is 2.70. The van der Waals surface area contributed by atoms with Crippen LogP contribution in [0.25, 0.3) is 0 Å². The van der Waals surface area contributed by atoms with Crippen LogP contribution in [0.3, 0.4) is 0 Å². The van der Waals surface area contributed by atoms with E-state index in [1.807, 2.05) is 25.6 Å². The van der Waals surface area contributed by atoms with Crippen molar-refractivity contribution in [1.82, 2.24) is 9.78 Å². The summed E-state index contributed by atoms with van der Waals surface area (Å²) < 4.78 is 2.10. The minimum atomic E-state index is 0.0544. The molecule has 1 aromatic heterocycles. The summed E-state index contributed by atoms with van der Waals surface area (Å²) in [5.41, 5.74) is 3.49. The summed E-state index contributed by atoms with van der Waals surface area (Å²) in [5, 5.41) is 4.61. The van der Waals surface area contributed by atoms with E-state index in [1.165, 1.54) is 29.2 Å². The van der Waals surface area contributed by atoms with Crippen LogP contribution < -0.4 is 0 Å². The van der Waals surface area contributed by atoms with E-state index in [0.29, 0.717) is 0 Å². The van der Waals surface area contributed by atoms with Gasteiger partial charge >= 0.3 is 0 Å². The zero-order chi connectivity index (χ0) is 12.1. The van der Waals surface area contributed by atoms with E-state index in [0.717, 1.165) is 12.2 Å². The van der Waals surface area contributed by atoms with Crippen molar-refractivity contribution in [2.45, 2.75) is 46.0 Å². The summed E-state index contributed by atoms with van der Waals surface area (Å²) in [6.07, 6.45) is 1.18. The molecule has 0 bridgehead atoms. The molecule has 0 spiro atoms. The first-order valence-corrected chi connectivity index (χ1v) is 7.42. The average molecular weight is 261 g/mol. The van der Waals surface area contributed by atoms with Crippen molar-refractivity contribution in [3.05, 3.63) is 17.0 Å². The number of hydrogen-bond acceptors (Lipinski definition) is 2. The molecule has 0 aliphatic carbocycles. The lowest BCUT2D eigenvalue weighted by Gasteiger charge is -2.06. The molecule has 0 saturated heterocycles. The maximum absolute atomic E-state index is 6.15. The fourth-order valence-corrected chi connectivity index (χ4v) is 2.90. The molecule has 0 fully saturated rings. The minimum absolute atomic E-state index is 0.0544. The zero-order valence-electron chi connectivity index (χ0n) is 10.6. The molecule has 0 aliphatic heterocycles. The third-order valence-corrected chi connectivity index (χ3v) is 3.90. The van der Waals surface area contributed by atoms with Gasteiger partial charge in [-0.25, -0.2) is 0 Å². The summed E-state index contributed by atoms with van der Waals surface area (Å²) in [4.78, 5) is 0. The largest absolute Gasteiger partial charge is 0.269 e. The standard InChI is InChI=1S/C12H21ClN2S/c1-5-16-8-6-7-15-11(4)12(9(2)13)10(3)14-15/h9H,5-8H2,1-4H3. The number of nitrogens with zero attached hydrogens (tertiary/aromatic N) is 2. The fourth-order valence-electron chi connectivity index (χ4n) is 1.96. The van der Waals surface area contributed by atoms with Gasteiger partial charge in [-0.15, -0.1) is 11.6 Å². The summed E-state index contributed by atoms with van der Waals surface area (Å²) in [7, 11) is 0. The molecule has 0 aliphatic rings. The molecular weight excluding hydrogens is 240 g/mol. The van der Waals surface area contributed by atoms with Crippen molar-refractivity contribution in [2.75, 3.05) is 11.5 Å². The molecule has 0 aromatic carbocycles. The molecule has 0 amide bonds. The van der Waals surface area contributed by atoms with E-state index < -0.39 is 0 Å². The lowest BCUT2D eigenvalue weighted by Crippen LogP contribution is -2.04. The summed E-state index contributed by atoms with van der Waals surface area (Å²) in [5.74, 6) is 2.40. The highest BCUT2D eigenvalue weighted by molar-refractivity contribution is 7.99. The normalized spacial score (nSPS) is 13.1. The fraction of sp³-hybridized carbons (Fsp3) is 0.750. The van der Waals surface area contributed by atoms with Gasteiger partial charge in [0.1, 0.15) is 0 Å². The first-order valence-electron chi connectivity index (χ1n) is 5.83. The molecule has 0 N–H and O–H groups in total. The number of aryl methyl sites for hydroxylation is 2. The molecule has 0 saturated carbocycles. The Hall–Kier alpha value is -0.150. The van der Waals surface area contributed by atoms with Crippen LogP contribution in [0.2, 0.25) is 0 Å². The van der Waals surface area contributed by atoms with Gasteiger partial charge in [0.25, 0.3) is 0 Å². The predicted molar refractivity (Wildman–Crippen MR) is 73.6 cm³/mol. The predicted octanol–water partition coefficient (Wildman–Crippen LogP) is 3.94. The topological polar surface area (TPSA) is 17.8 Å². The van der Waals surface area contributed by atoms with Crippen LogP contribution in [0.5, 0.6) is 0 Å². The summed E-state index contributed by atoms with van der Waals surface area (Å²) in [6.45, 7) is 9.36. The Bertz CT molecular complexity index is 334. The van der Waals surface area contributed by atoms with Gasteiger partial charge in [-0.2, -0.15) is 16.9 Å². The van der Waals surface area contributed by atoms with E-state index in [-0.39, 0.29) is 5.38 Å². The molecular formula is C12H21ClN2S. The lowest BCUT2D eigenvalue weighted by atomic mass is 10.1. The Kier molecular flexibility index (Phi) is 5.70. The van der Waals surface area contributed by atoms with E-state index in [2.05, 4.69) is 23.6 Å². The quantitative estimate of drug-likeness (QED) is 0.570. The monoisotopic (exact) mass is 260 g/mol. The van der Waals surface area contributed by atoms with Crippen LogP contribution in [-0.2, 0) is 6.54 Å². The van der Waals surface area contributed by atoms with Crippen molar-refractivity contribution in [2.24, 2.45) is 0 Å². The second-order valence-corrected chi connectivity index (χ2v) is 6.02. The highest BCUT2D eigenvalue weighted by Crippen LogP contribution is 2.26. The molecule has 4 heteroatoms. The van der Waals surface area contributed by atoms with Gasteiger partial charge in [-0.1, -0.05) is 6.92 Å². The number of hydrogen-bond donors (Lipinski definition) is 0. The zero-order valence-corrected chi connectivity index (χ0v) is 12.2. The molecule has 2 nitrogen and oxygen atoms in total. The van der Waals surface area contributed by atoms with Gasteiger partial charge in [-0.3, -0.25) is 4.68 Å². The molecule has 1 atom stereocenters. The number of rotatable bonds is 6. The van der Waals surface area contributed by atoms with E-state index in [4.69, 9.17) is 11.6 Å². The minimum Gasteiger partial charge on any atom is -0.269 e. The second-order valence-electron chi connectivity index (χ2n) is 3.97. The SMILES string of the molecule is CCSCCCn1nc(C)c(C(C)Cl)c1C. The van der Waals surface area contributed by atoms with Crippen LogP contribution in [0, 0.1) is 13.8 Å². The lowest BCUT2D eigenvalue weighted by molar-refractivity contribution is 0.585. The Morgan fingerprint density at radius 3 is 2.62 bits per heavy atom. The van der Waals surface area contributed by atoms with Crippen LogP contribution in [-0.4, -0.2) is 21.3 Å². The number of halogens is 1. The Morgan fingerprint density at radius 1 is 1.44 bits per heavy atom. The molecule has 1 rings (SSSR count). The van der Waals surface area contributed by atoms with Gasteiger partial charge in [0.05, 0.1) is 11.1 Å². The van der Waals surface area contributed by atoms with E-state index in [9.17, 15) is 0 Å². The van der Waals surface area contributed by atoms with Gasteiger partial charge in [-0.05, 0) is 38.7 Å². The van der Waals surface area contributed by atoms with Crippen molar-refractivity contribution >= 4 is 23.4 Å². The third kappa shape index (κ3) is 3.42. The van der Waals surface area contributed by atoms with Gasteiger partial charge in [0.2, 0.25) is 0 Å². The maximum atomic E-state index is 6.15. The van der Waals surface area contributed by atoms with Crippen molar-refractivity contribution in [1.29, 1.82) is 0 Å². The summed E-state index contributed by atoms with van der Waals surface area (Å²) in [6, 6.07) is 0. The smallest absolute Gasteiger partial charge is 0.0643 e. The van der Waals surface area contributed by atoms with Gasteiger partial charge in [0, 0.05) is 17.8 Å². The van der Waals surface area contributed by atoms with E-state index >= 15 is 0 Å². The number of alkyl halides is 1. The Balaban J connectivity index is 2.64. The molecule has 1 heterocycles. The van der Waals surface area contributed by atoms with Crippen molar-refractivity contribution in [3.8, 4) is 0 Å². The number of aromatic nitrogens is 2. The first kappa shape index (κ1) is 13.9. The van der Waals surface area contributed by atoms with Crippen molar-refractivity contribution < 1.29 is 0 Å². The molecule has 92 valence electrons. The maximum Gasteiger partial charge on any atom is 0.0643 e. The highest BCUT2D eigenvalue weighted by atomic mass is 35.5. The van der Waals surface area contributed by atoms with Crippen LogP contribution in [0.15, 0.2) is 0 Å². The van der Waals surface area contributed by atoms with Crippen molar-refractivity contribution in [3.63, 3.8) is 0 Å². The second kappa shape index (κ2) is 6.55.